The minimum atomic E-state index is 0.338. The summed E-state index contributed by atoms with van der Waals surface area (Å²) in [5.74, 6) is 0. The molecule has 0 aliphatic carbocycles. The molecule has 1 atom stereocenters. The number of alkyl halides is 1. The quantitative estimate of drug-likeness (QED) is 0.754. The molecule has 0 saturated heterocycles. The Morgan fingerprint density at radius 3 is 2.57 bits per heavy atom. The molecule has 3 heteroatoms. The Bertz CT molecular complexity index is 288. The fraction of sp³-hybridized carbons (Fsp3) is 0.727. The van der Waals surface area contributed by atoms with E-state index in [1.54, 1.807) is 11.3 Å². The molecule has 1 aromatic rings. The average molecular weight is 276 g/mol. The summed E-state index contributed by atoms with van der Waals surface area (Å²) in [6, 6.07) is 0. The van der Waals surface area contributed by atoms with Crippen LogP contribution >= 0.6 is 27.3 Å². The standard InChI is InChI=1S/C11H18BrNS/c1-8-13-9(7-14-8)5-6-10(12)11(2,3)4/h7,10H,5-6H2,1-4H3. The van der Waals surface area contributed by atoms with E-state index in [1.807, 2.05) is 0 Å². The number of rotatable bonds is 3. The van der Waals surface area contributed by atoms with E-state index < -0.39 is 0 Å². The first kappa shape index (κ1) is 12.2. The highest BCUT2D eigenvalue weighted by Gasteiger charge is 2.21. The average Bonchev–Trinajstić information content (AvgIpc) is 2.45. The highest BCUT2D eigenvalue weighted by atomic mass is 79.9. The monoisotopic (exact) mass is 275 g/mol. The zero-order valence-electron chi connectivity index (χ0n) is 9.30. The number of aromatic nitrogens is 1. The maximum Gasteiger partial charge on any atom is 0.0897 e. The molecule has 0 aliphatic rings. The molecule has 80 valence electrons. The first-order valence-corrected chi connectivity index (χ1v) is 6.74. The van der Waals surface area contributed by atoms with Gasteiger partial charge in [0.25, 0.3) is 0 Å². The van der Waals surface area contributed by atoms with Crippen LogP contribution in [0.3, 0.4) is 0 Å². The molecular weight excluding hydrogens is 258 g/mol. The Morgan fingerprint density at radius 1 is 1.50 bits per heavy atom. The Kier molecular flexibility index (Phi) is 4.14. The number of hydrogen-bond acceptors (Lipinski definition) is 2. The Hall–Kier alpha value is 0.110. The molecule has 1 rings (SSSR count). The zero-order chi connectivity index (χ0) is 10.8. The first-order valence-electron chi connectivity index (χ1n) is 4.94. The van der Waals surface area contributed by atoms with Gasteiger partial charge in [-0.15, -0.1) is 11.3 Å². The van der Waals surface area contributed by atoms with Gasteiger partial charge >= 0.3 is 0 Å². The van der Waals surface area contributed by atoms with Crippen LogP contribution in [-0.2, 0) is 6.42 Å². The smallest absolute Gasteiger partial charge is 0.0897 e. The summed E-state index contributed by atoms with van der Waals surface area (Å²) in [7, 11) is 0. The van der Waals surface area contributed by atoms with Crippen LogP contribution in [-0.4, -0.2) is 9.81 Å². The topological polar surface area (TPSA) is 12.9 Å². The fourth-order valence-corrected chi connectivity index (χ4v) is 2.11. The van der Waals surface area contributed by atoms with E-state index in [2.05, 4.69) is 54.0 Å². The van der Waals surface area contributed by atoms with Crippen LogP contribution in [0.15, 0.2) is 5.38 Å². The lowest BCUT2D eigenvalue weighted by Crippen LogP contribution is -2.20. The maximum absolute atomic E-state index is 4.46. The second kappa shape index (κ2) is 4.75. The number of thiazole rings is 1. The molecule has 0 bridgehead atoms. The molecule has 14 heavy (non-hydrogen) atoms. The van der Waals surface area contributed by atoms with Gasteiger partial charge in [0, 0.05) is 10.2 Å². The van der Waals surface area contributed by atoms with E-state index in [9.17, 15) is 0 Å². The summed E-state index contributed by atoms with van der Waals surface area (Å²) in [6.45, 7) is 8.85. The van der Waals surface area contributed by atoms with E-state index in [0.29, 0.717) is 10.2 Å². The van der Waals surface area contributed by atoms with Crippen molar-refractivity contribution in [3.63, 3.8) is 0 Å². The lowest BCUT2D eigenvalue weighted by molar-refractivity contribution is 0.385. The van der Waals surface area contributed by atoms with Crippen molar-refractivity contribution in [2.24, 2.45) is 5.41 Å². The van der Waals surface area contributed by atoms with Gasteiger partial charge in [-0.05, 0) is 25.2 Å². The van der Waals surface area contributed by atoms with Gasteiger partial charge in [0.1, 0.15) is 0 Å². The lowest BCUT2D eigenvalue weighted by Gasteiger charge is -2.25. The molecule has 1 heterocycles. The van der Waals surface area contributed by atoms with Crippen LogP contribution in [0.1, 0.15) is 37.9 Å². The van der Waals surface area contributed by atoms with Crippen LogP contribution in [0.5, 0.6) is 0 Å². The van der Waals surface area contributed by atoms with Crippen LogP contribution in [0, 0.1) is 12.3 Å². The minimum absolute atomic E-state index is 0.338. The van der Waals surface area contributed by atoms with Gasteiger partial charge in [-0.3, -0.25) is 0 Å². The maximum atomic E-state index is 4.46. The summed E-state index contributed by atoms with van der Waals surface area (Å²) in [6.07, 6.45) is 2.24. The highest BCUT2D eigenvalue weighted by Crippen LogP contribution is 2.29. The molecule has 0 aromatic carbocycles. The van der Waals surface area contributed by atoms with E-state index in [0.717, 1.165) is 12.8 Å². The number of nitrogens with zero attached hydrogens (tertiary/aromatic N) is 1. The number of halogens is 1. The molecule has 1 nitrogen and oxygen atoms in total. The van der Waals surface area contributed by atoms with Crippen molar-refractivity contribution in [2.75, 3.05) is 0 Å². The second-order valence-electron chi connectivity index (χ2n) is 4.73. The Morgan fingerprint density at radius 2 is 2.14 bits per heavy atom. The van der Waals surface area contributed by atoms with Crippen molar-refractivity contribution in [1.29, 1.82) is 0 Å². The third kappa shape index (κ3) is 3.70. The second-order valence-corrected chi connectivity index (χ2v) is 6.90. The molecular formula is C11H18BrNS. The molecule has 1 unspecified atom stereocenters. The minimum Gasteiger partial charge on any atom is -0.247 e. The van der Waals surface area contributed by atoms with E-state index in [1.165, 1.54) is 10.7 Å². The third-order valence-electron chi connectivity index (χ3n) is 2.26. The van der Waals surface area contributed by atoms with Crippen LogP contribution in [0.4, 0.5) is 0 Å². The van der Waals surface area contributed by atoms with Crippen LogP contribution < -0.4 is 0 Å². The molecule has 0 radical (unpaired) electrons. The molecule has 0 aliphatic heterocycles. The van der Waals surface area contributed by atoms with Gasteiger partial charge in [0.15, 0.2) is 0 Å². The normalized spacial score (nSPS) is 14.4. The molecule has 0 amide bonds. The number of hydrogen-bond donors (Lipinski definition) is 0. The van der Waals surface area contributed by atoms with Crippen LogP contribution in [0.25, 0.3) is 0 Å². The van der Waals surface area contributed by atoms with Gasteiger partial charge < -0.3 is 0 Å². The van der Waals surface area contributed by atoms with Gasteiger partial charge in [0.05, 0.1) is 10.7 Å². The third-order valence-corrected chi connectivity index (χ3v) is 4.91. The molecule has 0 fully saturated rings. The summed E-state index contributed by atoms with van der Waals surface area (Å²) < 4.78 is 0. The molecule has 0 spiro atoms. The van der Waals surface area contributed by atoms with Crippen molar-refractivity contribution in [3.8, 4) is 0 Å². The highest BCUT2D eigenvalue weighted by molar-refractivity contribution is 9.09. The van der Waals surface area contributed by atoms with Crippen LogP contribution in [0.2, 0.25) is 0 Å². The fourth-order valence-electron chi connectivity index (χ4n) is 1.23. The lowest BCUT2D eigenvalue weighted by atomic mass is 9.89. The van der Waals surface area contributed by atoms with Gasteiger partial charge in [0.2, 0.25) is 0 Å². The SMILES string of the molecule is Cc1nc(CCC(Br)C(C)(C)C)cs1. The van der Waals surface area contributed by atoms with E-state index in [4.69, 9.17) is 0 Å². The Labute approximate surface area is 99.1 Å². The van der Waals surface area contributed by atoms with Gasteiger partial charge in [-0.2, -0.15) is 0 Å². The summed E-state index contributed by atoms with van der Waals surface area (Å²) in [5.41, 5.74) is 1.58. The predicted octanol–water partition coefficient (Wildman–Crippen LogP) is 4.19. The molecule has 0 N–H and O–H groups in total. The predicted molar refractivity (Wildman–Crippen MR) is 67.3 cm³/mol. The largest absolute Gasteiger partial charge is 0.247 e. The molecule has 0 saturated carbocycles. The summed E-state index contributed by atoms with van der Waals surface area (Å²) in [4.78, 5) is 5.03. The Balaban J connectivity index is 2.41. The van der Waals surface area contributed by atoms with E-state index in [-0.39, 0.29) is 0 Å². The van der Waals surface area contributed by atoms with Gasteiger partial charge in [-0.25, -0.2) is 4.98 Å². The van der Waals surface area contributed by atoms with E-state index >= 15 is 0 Å². The summed E-state index contributed by atoms with van der Waals surface area (Å²) >= 11 is 5.48. The first-order chi connectivity index (χ1) is 6.39. The van der Waals surface area contributed by atoms with Crippen molar-refractivity contribution in [3.05, 3.63) is 16.1 Å². The van der Waals surface area contributed by atoms with Gasteiger partial charge in [-0.1, -0.05) is 36.7 Å². The summed E-state index contributed by atoms with van der Waals surface area (Å²) in [5, 5.41) is 3.33. The van der Waals surface area contributed by atoms with Crippen molar-refractivity contribution >= 4 is 27.3 Å². The zero-order valence-corrected chi connectivity index (χ0v) is 11.7. The van der Waals surface area contributed by atoms with Crippen molar-refractivity contribution in [2.45, 2.75) is 45.4 Å². The van der Waals surface area contributed by atoms with Crippen molar-refractivity contribution in [1.82, 2.24) is 4.98 Å². The molecule has 1 aromatic heterocycles. The number of aryl methyl sites for hydroxylation is 2. The van der Waals surface area contributed by atoms with Crippen molar-refractivity contribution < 1.29 is 0 Å².